The first-order chi connectivity index (χ1) is 11.4. The van der Waals surface area contributed by atoms with Crippen molar-refractivity contribution >= 4 is 17.1 Å². The number of halogens is 4. The Hall–Kier alpha value is -2.91. The molecule has 0 saturated carbocycles. The highest BCUT2D eigenvalue weighted by Gasteiger charge is 2.35. The van der Waals surface area contributed by atoms with E-state index in [2.05, 4.69) is 25.3 Å². The van der Waals surface area contributed by atoms with Crippen LogP contribution in [0.1, 0.15) is 11.4 Å². The molecule has 0 radical (unpaired) electrons. The van der Waals surface area contributed by atoms with Crippen molar-refractivity contribution in [2.75, 3.05) is 12.4 Å². The normalized spacial score (nSPS) is 11.7. The van der Waals surface area contributed by atoms with Gasteiger partial charge in [-0.1, -0.05) is 18.2 Å². The van der Waals surface area contributed by atoms with E-state index in [9.17, 15) is 17.6 Å². The van der Waals surface area contributed by atoms with E-state index in [0.717, 1.165) is 0 Å². The number of hydrogen-bond acceptors (Lipinski definition) is 5. The van der Waals surface area contributed by atoms with Crippen LogP contribution in [0, 0.1) is 5.82 Å². The minimum absolute atomic E-state index is 0.0425. The van der Waals surface area contributed by atoms with Gasteiger partial charge in [-0.3, -0.25) is 0 Å². The highest BCUT2D eigenvalue weighted by atomic mass is 19.4. The van der Waals surface area contributed by atoms with Crippen LogP contribution < -0.4 is 10.1 Å². The number of alkyl halides is 3. The van der Waals surface area contributed by atoms with Gasteiger partial charge in [0.1, 0.15) is 5.82 Å². The molecule has 0 aliphatic heterocycles. The number of nitrogens with one attached hydrogen (secondary N) is 2. The molecule has 0 saturated heterocycles. The number of ether oxygens (including phenoxy) is 1. The van der Waals surface area contributed by atoms with E-state index in [1.54, 1.807) is 18.2 Å². The number of anilines is 1. The first-order valence-electron chi connectivity index (χ1n) is 6.74. The fraction of sp³-hybridized carbons (Fsp3) is 0.214. The van der Waals surface area contributed by atoms with Gasteiger partial charge in [-0.25, -0.2) is 14.4 Å². The van der Waals surface area contributed by atoms with Gasteiger partial charge in [-0.2, -0.15) is 18.2 Å². The van der Waals surface area contributed by atoms with Crippen LogP contribution in [0.2, 0.25) is 0 Å². The van der Waals surface area contributed by atoms with Gasteiger partial charge < -0.3 is 15.0 Å². The van der Waals surface area contributed by atoms with E-state index in [0.29, 0.717) is 5.56 Å². The molecule has 3 rings (SSSR count). The van der Waals surface area contributed by atoms with Crippen molar-refractivity contribution < 1.29 is 22.3 Å². The monoisotopic (exact) mass is 341 g/mol. The molecule has 0 spiro atoms. The van der Waals surface area contributed by atoms with Crippen LogP contribution >= 0.6 is 0 Å². The molecule has 10 heteroatoms. The van der Waals surface area contributed by atoms with E-state index in [-0.39, 0.29) is 29.5 Å². The predicted octanol–water partition coefficient (Wildman–Crippen LogP) is 3.13. The number of methoxy groups -OCH3 is 1. The number of H-pyrrole nitrogens is 1. The molecular formula is C14H11F4N5O. The maximum Gasteiger partial charge on any atom is 0.449 e. The maximum absolute atomic E-state index is 13.6. The minimum atomic E-state index is -4.64. The summed E-state index contributed by atoms with van der Waals surface area (Å²) in [7, 11) is 1.29. The molecule has 2 heterocycles. The molecular weight excluding hydrogens is 330 g/mol. The molecule has 3 aromatic rings. The SMILES string of the molecule is COc1nc2nc(C(F)(F)F)[nH]c2nc1NCc1ccccc1F. The van der Waals surface area contributed by atoms with E-state index in [1.807, 2.05) is 0 Å². The van der Waals surface area contributed by atoms with Gasteiger partial charge in [-0.15, -0.1) is 0 Å². The predicted molar refractivity (Wildman–Crippen MR) is 77.0 cm³/mol. The van der Waals surface area contributed by atoms with Crippen molar-refractivity contribution in [1.29, 1.82) is 0 Å². The molecule has 2 aromatic heterocycles. The van der Waals surface area contributed by atoms with Crippen LogP contribution in [0.15, 0.2) is 24.3 Å². The van der Waals surface area contributed by atoms with Gasteiger partial charge in [0.2, 0.25) is 11.5 Å². The summed E-state index contributed by atoms with van der Waals surface area (Å²) < 4.78 is 56.7. The van der Waals surface area contributed by atoms with Crippen molar-refractivity contribution in [3.63, 3.8) is 0 Å². The first kappa shape index (κ1) is 16.0. The second kappa shape index (κ2) is 5.95. The summed E-state index contributed by atoms with van der Waals surface area (Å²) >= 11 is 0. The molecule has 1 aromatic carbocycles. The number of fused-ring (bicyclic) bond motifs is 1. The Labute approximate surface area is 132 Å². The Balaban J connectivity index is 1.93. The molecule has 0 aliphatic rings. The third-order valence-electron chi connectivity index (χ3n) is 3.17. The Morgan fingerprint density at radius 3 is 2.58 bits per heavy atom. The number of rotatable bonds is 4. The largest absolute Gasteiger partial charge is 0.478 e. The van der Waals surface area contributed by atoms with E-state index in [4.69, 9.17) is 4.74 Å². The second-order valence-electron chi connectivity index (χ2n) is 4.78. The van der Waals surface area contributed by atoms with Crippen LogP contribution in [-0.2, 0) is 12.7 Å². The number of hydrogen-bond donors (Lipinski definition) is 2. The topological polar surface area (TPSA) is 75.7 Å². The Kier molecular flexibility index (Phi) is 3.96. The molecule has 2 N–H and O–H groups in total. The fourth-order valence-corrected chi connectivity index (χ4v) is 2.03. The lowest BCUT2D eigenvalue weighted by atomic mass is 10.2. The molecule has 0 amide bonds. The number of benzene rings is 1. The average molecular weight is 341 g/mol. The Morgan fingerprint density at radius 2 is 1.92 bits per heavy atom. The molecule has 0 fully saturated rings. The standard InChI is InChI=1S/C14H11F4N5O/c1-24-12-11(19-6-7-4-2-3-5-8(7)15)20-9-10(21-12)23-13(22-9)14(16,17)18/h2-5H,6H2,1H3,(H2,19,20,21,22,23). The number of imidazole rings is 1. The van der Waals surface area contributed by atoms with Gasteiger partial charge in [0, 0.05) is 12.1 Å². The molecule has 0 unspecified atom stereocenters. The summed E-state index contributed by atoms with van der Waals surface area (Å²) in [6.45, 7) is 0.0590. The molecule has 0 aliphatic carbocycles. The van der Waals surface area contributed by atoms with Crippen molar-refractivity contribution in [2.24, 2.45) is 0 Å². The zero-order valence-corrected chi connectivity index (χ0v) is 12.3. The minimum Gasteiger partial charge on any atom is -0.478 e. The zero-order valence-electron chi connectivity index (χ0n) is 12.3. The van der Waals surface area contributed by atoms with Gasteiger partial charge in [0.15, 0.2) is 11.5 Å². The quantitative estimate of drug-likeness (QED) is 0.713. The third-order valence-corrected chi connectivity index (χ3v) is 3.17. The Morgan fingerprint density at radius 1 is 1.17 bits per heavy atom. The van der Waals surface area contributed by atoms with Crippen LogP contribution in [0.25, 0.3) is 11.3 Å². The number of aromatic amines is 1. The van der Waals surface area contributed by atoms with Crippen molar-refractivity contribution in [1.82, 2.24) is 19.9 Å². The average Bonchev–Trinajstić information content (AvgIpc) is 2.96. The van der Waals surface area contributed by atoms with Gasteiger partial charge >= 0.3 is 6.18 Å². The number of nitrogens with zero attached hydrogens (tertiary/aromatic N) is 3. The molecule has 126 valence electrons. The number of aromatic nitrogens is 4. The molecule has 24 heavy (non-hydrogen) atoms. The summed E-state index contributed by atoms with van der Waals surface area (Å²) in [5, 5.41) is 2.79. The highest BCUT2D eigenvalue weighted by molar-refractivity contribution is 5.70. The molecule has 0 bridgehead atoms. The van der Waals surface area contributed by atoms with Crippen molar-refractivity contribution in [3.05, 3.63) is 41.5 Å². The van der Waals surface area contributed by atoms with Crippen LogP contribution in [0.4, 0.5) is 23.4 Å². The van der Waals surface area contributed by atoms with Crippen LogP contribution in [-0.4, -0.2) is 27.0 Å². The fourth-order valence-electron chi connectivity index (χ4n) is 2.03. The molecule has 0 atom stereocenters. The lowest BCUT2D eigenvalue weighted by Crippen LogP contribution is -2.07. The summed E-state index contributed by atoms with van der Waals surface area (Å²) in [6.07, 6.45) is -4.64. The Bertz CT molecular complexity index is 877. The summed E-state index contributed by atoms with van der Waals surface area (Å²) in [4.78, 5) is 13.3. The van der Waals surface area contributed by atoms with Gasteiger partial charge in [-0.05, 0) is 6.07 Å². The first-order valence-corrected chi connectivity index (χ1v) is 6.74. The molecule has 6 nitrogen and oxygen atoms in total. The zero-order chi connectivity index (χ0) is 17.3. The maximum atomic E-state index is 13.6. The van der Waals surface area contributed by atoms with E-state index >= 15 is 0 Å². The smallest absolute Gasteiger partial charge is 0.449 e. The third kappa shape index (κ3) is 3.07. The van der Waals surface area contributed by atoms with Crippen LogP contribution in [0.5, 0.6) is 5.88 Å². The van der Waals surface area contributed by atoms with Gasteiger partial charge in [0.25, 0.3) is 5.88 Å². The summed E-state index contributed by atoms with van der Waals surface area (Å²) in [5.41, 5.74) is -0.0168. The summed E-state index contributed by atoms with van der Waals surface area (Å²) in [6, 6.07) is 6.08. The summed E-state index contributed by atoms with van der Waals surface area (Å²) in [5.74, 6) is -1.59. The van der Waals surface area contributed by atoms with Crippen LogP contribution in [0.3, 0.4) is 0 Å². The van der Waals surface area contributed by atoms with Crippen molar-refractivity contribution in [3.8, 4) is 5.88 Å². The van der Waals surface area contributed by atoms with Gasteiger partial charge in [0.05, 0.1) is 7.11 Å². The second-order valence-corrected chi connectivity index (χ2v) is 4.78. The lowest BCUT2D eigenvalue weighted by Gasteiger charge is -2.09. The highest BCUT2D eigenvalue weighted by Crippen LogP contribution is 2.29. The van der Waals surface area contributed by atoms with E-state index < -0.39 is 17.8 Å². The van der Waals surface area contributed by atoms with Crippen molar-refractivity contribution in [2.45, 2.75) is 12.7 Å². The lowest BCUT2D eigenvalue weighted by molar-refractivity contribution is -0.144. The van der Waals surface area contributed by atoms with E-state index in [1.165, 1.54) is 13.2 Å².